The fourth-order valence-corrected chi connectivity index (χ4v) is 5.04. The lowest BCUT2D eigenvalue weighted by Crippen LogP contribution is -1.90. The first kappa shape index (κ1) is 16.1. The standard InChI is InChI=1S/C11H24O3P2/c1-3-5-7-9-15(13)11(12)16(14)10-8-6-4-2/h15-16H,3-10H2,1-2H3. The largest absolute Gasteiger partial charge is 0.318 e. The lowest BCUT2D eigenvalue weighted by molar-refractivity contribution is 0.273. The van der Waals surface area contributed by atoms with Gasteiger partial charge in [-0.05, 0) is 12.8 Å². The van der Waals surface area contributed by atoms with Gasteiger partial charge >= 0.3 is 0 Å². The van der Waals surface area contributed by atoms with E-state index < -0.39 is 20.9 Å². The summed E-state index contributed by atoms with van der Waals surface area (Å²) in [6.45, 7) is 4.12. The summed E-state index contributed by atoms with van der Waals surface area (Å²) in [4.78, 5) is 11.5. The van der Waals surface area contributed by atoms with E-state index in [2.05, 4.69) is 13.8 Å². The maximum atomic E-state index is 11.6. The average molecular weight is 266 g/mol. The number of hydrogen-bond donors (Lipinski definition) is 0. The van der Waals surface area contributed by atoms with Crippen LogP contribution in [0.1, 0.15) is 52.4 Å². The second-order valence-electron chi connectivity index (χ2n) is 4.09. The van der Waals surface area contributed by atoms with Gasteiger partial charge in [0.05, 0.1) is 0 Å². The van der Waals surface area contributed by atoms with E-state index in [4.69, 9.17) is 0 Å². The van der Waals surface area contributed by atoms with Gasteiger partial charge in [-0.15, -0.1) is 0 Å². The molecule has 96 valence electrons. The molecule has 3 nitrogen and oxygen atoms in total. The first-order valence-electron chi connectivity index (χ1n) is 6.23. The Kier molecular flexibility index (Phi) is 10.4. The highest BCUT2D eigenvalue weighted by atomic mass is 31.2. The predicted octanol–water partition coefficient (Wildman–Crippen LogP) is 4.61. The topological polar surface area (TPSA) is 51.2 Å². The monoisotopic (exact) mass is 266 g/mol. The first-order chi connectivity index (χ1) is 7.63. The Labute approximate surface area is 100.0 Å². The second-order valence-corrected chi connectivity index (χ2v) is 8.19. The molecule has 2 atom stereocenters. The number of carbonyl (C=O) groups is 1. The molecule has 0 aromatic rings. The molecule has 16 heavy (non-hydrogen) atoms. The van der Waals surface area contributed by atoms with Crippen LogP contribution in [-0.4, -0.2) is 17.6 Å². The van der Waals surface area contributed by atoms with Crippen LogP contribution in [0.5, 0.6) is 0 Å². The number of unbranched alkanes of at least 4 members (excludes halogenated alkanes) is 4. The molecule has 0 saturated heterocycles. The Bertz CT molecular complexity index is 228. The van der Waals surface area contributed by atoms with E-state index in [1.54, 1.807) is 0 Å². The maximum absolute atomic E-state index is 11.6. The van der Waals surface area contributed by atoms with Gasteiger partial charge in [-0.1, -0.05) is 39.5 Å². The first-order valence-corrected chi connectivity index (χ1v) is 9.46. The smallest absolute Gasteiger partial charge is 0.243 e. The van der Waals surface area contributed by atoms with E-state index in [0.29, 0.717) is 12.3 Å². The summed E-state index contributed by atoms with van der Waals surface area (Å²) in [5.74, 6) is 0. The van der Waals surface area contributed by atoms with Crippen LogP contribution in [0.4, 0.5) is 4.79 Å². The highest BCUT2D eigenvalue weighted by Crippen LogP contribution is 2.40. The average Bonchev–Trinajstić information content (AvgIpc) is 2.28. The molecule has 2 unspecified atom stereocenters. The van der Waals surface area contributed by atoms with Crippen LogP contribution in [0.2, 0.25) is 0 Å². The van der Waals surface area contributed by atoms with Crippen molar-refractivity contribution in [2.24, 2.45) is 0 Å². The normalized spacial score (nSPS) is 14.6. The van der Waals surface area contributed by atoms with Crippen molar-refractivity contribution in [3.05, 3.63) is 0 Å². The van der Waals surface area contributed by atoms with Crippen molar-refractivity contribution in [2.45, 2.75) is 52.4 Å². The summed E-state index contributed by atoms with van der Waals surface area (Å²) in [7, 11) is -4.46. The second kappa shape index (κ2) is 10.3. The minimum Gasteiger partial charge on any atom is -0.318 e. The molecule has 0 saturated carbocycles. The highest BCUT2D eigenvalue weighted by molar-refractivity contribution is 7.90. The van der Waals surface area contributed by atoms with Crippen LogP contribution in [0.25, 0.3) is 0 Å². The lowest BCUT2D eigenvalue weighted by atomic mass is 10.3. The van der Waals surface area contributed by atoms with Gasteiger partial charge in [-0.25, -0.2) is 0 Å². The maximum Gasteiger partial charge on any atom is 0.243 e. The van der Waals surface area contributed by atoms with Crippen molar-refractivity contribution in [3.63, 3.8) is 0 Å². The predicted molar refractivity (Wildman–Crippen MR) is 72.2 cm³/mol. The summed E-state index contributed by atoms with van der Waals surface area (Å²) >= 11 is 0. The Morgan fingerprint density at radius 1 is 0.812 bits per heavy atom. The van der Waals surface area contributed by atoms with Gasteiger partial charge in [0.25, 0.3) is 0 Å². The van der Waals surface area contributed by atoms with Crippen LogP contribution in [0.3, 0.4) is 0 Å². The zero-order valence-corrected chi connectivity index (χ0v) is 12.4. The molecule has 0 aliphatic rings. The number of carbonyl (C=O) groups excluding carboxylic acids is 1. The van der Waals surface area contributed by atoms with E-state index in [1.807, 2.05) is 0 Å². The molecular formula is C11H24O3P2. The third-order valence-electron chi connectivity index (χ3n) is 2.52. The van der Waals surface area contributed by atoms with Gasteiger partial charge in [0.2, 0.25) is 5.27 Å². The molecule has 0 bridgehead atoms. The van der Waals surface area contributed by atoms with Gasteiger partial charge in [0, 0.05) is 12.3 Å². The molecule has 5 heteroatoms. The Morgan fingerprint density at radius 3 is 1.50 bits per heavy atom. The molecule has 0 amide bonds. The Morgan fingerprint density at radius 2 is 1.19 bits per heavy atom. The van der Waals surface area contributed by atoms with Crippen LogP contribution in [-0.2, 0) is 9.13 Å². The molecule has 0 radical (unpaired) electrons. The van der Waals surface area contributed by atoms with Crippen molar-refractivity contribution < 1.29 is 13.9 Å². The molecular weight excluding hydrogens is 242 g/mol. The summed E-state index contributed by atoms with van der Waals surface area (Å²) in [5.41, 5.74) is 0. The zero-order valence-electron chi connectivity index (χ0n) is 10.4. The van der Waals surface area contributed by atoms with Gasteiger partial charge in [0.1, 0.15) is 15.6 Å². The van der Waals surface area contributed by atoms with E-state index in [1.165, 1.54) is 0 Å². The van der Waals surface area contributed by atoms with Crippen molar-refractivity contribution in [1.82, 2.24) is 0 Å². The van der Waals surface area contributed by atoms with Crippen molar-refractivity contribution in [3.8, 4) is 0 Å². The van der Waals surface area contributed by atoms with E-state index in [-0.39, 0.29) is 0 Å². The third kappa shape index (κ3) is 7.41. The molecule has 0 aromatic carbocycles. The van der Waals surface area contributed by atoms with E-state index >= 15 is 0 Å². The number of hydrogen-bond acceptors (Lipinski definition) is 3. The van der Waals surface area contributed by atoms with Crippen LogP contribution in [0.15, 0.2) is 0 Å². The van der Waals surface area contributed by atoms with Crippen LogP contribution in [0, 0.1) is 0 Å². The van der Waals surface area contributed by atoms with Gasteiger partial charge in [-0.3, -0.25) is 4.79 Å². The van der Waals surface area contributed by atoms with Crippen molar-refractivity contribution in [2.75, 3.05) is 12.3 Å². The number of rotatable bonds is 10. The lowest BCUT2D eigenvalue weighted by Gasteiger charge is -2.01. The van der Waals surface area contributed by atoms with Gasteiger partial charge < -0.3 is 9.13 Å². The quantitative estimate of drug-likeness (QED) is 0.428. The molecule has 0 heterocycles. The summed E-state index contributed by atoms with van der Waals surface area (Å²) in [5, 5.41) is -0.415. The van der Waals surface area contributed by atoms with Crippen molar-refractivity contribution in [1.29, 1.82) is 0 Å². The van der Waals surface area contributed by atoms with Gasteiger partial charge in [-0.2, -0.15) is 0 Å². The summed E-state index contributed by atoms with van der Waals surface area (Å²) in [6, 6.07) is 0. The van der Waals surface area contributed by atoms with Gasteiger partial charge in [0.15, 0.2) is 0 Å². The molecule has 0 aromatic heterocycles. The molecule has 0 aliphatic heterocycles. The minimum absolute atomic E-state index is 0.415. The molecule has 0 N–H and O–H groups in total. The third-order valence-corrected chi connectivity index (χ3v) is 6.82. The fourth-order valence-electron chi connectivity index (χ4n) is 1.45. The Hall–Kier alpha value is 0.130. The zero-order chi connectivity index (χ0) is 12.4. The van der Waals surface area contributed by atoms with E-state index in [9.17, 15) is 13.9 Å². The van der Waals surface area contributed by atoms with E-state index in [0.717, 1.165) is 38.5 Å². The van der Waals surface area contributed by atoms with Crippen LogP contribution < -0.4 is 0 Å². The fraction of sp³-hybridized carbons (Fsp3) is 0.909. The minimum atomic E-state index is -2.23. The van der Waals surface area contributed by atoms with Crippen molar-refractivity contribution >= 4 is 20.9 Å². The van der Waals surface area contributed by atoms with Crippen LogP contribution >= 0.6 is 15.6 Å². The highest BCUT2D eigenvalue weighted by Gasteiger charge is 2.17. The molecule has 0 spiro atoms. The SMILES string of the molecule is CCCCC[PH](=O)C(=O)[PH](=O)CCCCC. The summed E-state index contributed by atoms with van der Waals surface area (Å²) < 4.78 is 23.1. The Balaban J connectivity index is 3.83. The molecule has 0 rings (SSSR count). The molecule has 0 aliphatic carbocycles. The summed E-state index contributed by atoms with van der Waals surface area (Å²) in [6.07, 6.45) is 6.67. The molecule has 0 fully saturated rings.